The van der Waals surface area contributed by atoms with Gasteiger partial charge in [0.1, 0.15) is 17.6 Å². The van der Waals surface area contributed by atoms with Gasteiger partial charge in [-0.1, -0.05) is 18.2 Å². The topological polar surface area (TPSA) is 50.8 Å². The lowest BCUT2D eigenvalue weighted by Crippen LogP contribution is -2.31. The summed E-state index contributed by atoms with van der Waals surface area (Å²) in [6.45, 7) is 5.71. The molecule has 2 aromatic carbocycles. The maximum Gasteiger partial charge on any atom is 0.416 e. The Bertz CT molecular complexity index is 918. The number of halogens is 4. The minimum atomic E-state index is -4.36. The van der Waals surface area contributed by atoms with Crippen LogP contribution in [0.5, 0.6) is 11.5 Å². The van der Waals surface area contributed by atoms with E-state index in [4.69, 9.17) is 21.1 Å². The third-order valence-corrected chi connectivity index (χ3v) is 5.25. The summed E-state index contributed by atoms with van der Waals surface area (Å²) in [6, 6.07) is 11.4. The lowest BCUT2D eigenvalue weighted by atomic mass is 10.2. The third kappa shape index (κ3) is 7.09. The Labute approximate surface area is 189 Å². The van der Waals surface area contributed by atoms with Crippen molar-refractivity contribution in [1.82, 2.24) is 10.2 Å². The second-order valence-electron chi connectivity index (χ2n) is 7.41. The number of nitrogens with one attached hydrogen (secondary N) is 1. The van der Waals surface area contributed by atoms with Crippen molar-refractivity contribution in [3.63, 3.8) is 0 Å². The van der Waals surface area contributed by atoms with Crippen molar-refractivity contribution >= 4 is 17.5 Å². The summed E-state index contributed by atoms with van der Waals surface area (Å²) >= 11 is 5.80. The number of benzene rings is 2. The highest BCUT2D eigenvalue weighted by Gasteiger charge is 2.30. The standard InChI is InChI=1S/C23H24ClF3N2O3/c1-16(10-12-28-22(30)15-31-19-8-4-18(24)5-9-19)29-13-11-21(14-29)32-20-6-2-17(3-7-20)23(25,26)27/h2-9,21H,1,10-15H2,(H,28,30). The van der Waals surface area contributed by atoms with Gasteiger partial charge in [-0.15, -0.1) is 0 Å². The summed E-state index contributed by atoms with van der Waals surface area (Å²) in [5.41, 5.74) is 0.161. The molecule has 5 nitrogen and oxygen atoms in total. The van der Waals surface area contributed by atoms with Gasteiger partial charge in [-0.2, -0.15) is 13.2 Å². The number of likely N-dealkylation sites (tertiary alicyclic amines) is 1. The van der Waals surface area contributed by atoms with Crippen molar-refractivity contribution < 1.29 is 27.4 Å². The highest BCUT2D eigenvalue weighted by molar-refractivity contribution is 6.30. The summed E-state index contributed by atoms with van der Waals surface area (Å²) in [6.07, 6.45) is -3.19. The Morgan fingerprint density at radius 3 is 2.44 bits per heavy atom. The molecule has 1 atom stereocenters. The first-order valence-electron chi connectivity index (χ1n) is 10.1. The first-order chi connectivity index (χ1) is 15.2. The fraction of sp³-hybridized carbons (Fsp3) is 0.348. The number of carbonyl (C=O) groups excluding carboxylic acids is 1. The van der Waals surface area contributed by atoms with Gasteiger partial charge in [0.15, 0.2) is 6.61 Å². The Morgan fingerprint density at radius 2 is 1.78 bits per heavy atom. The zero-order chi connectivity index (χ0) is 23.1. The minimum absolute atomic E-state index is 0.0964. The van der Waals surface area contributed by atoms with Crippen molar-refractivity contribution in [1.29, 1.82) is 0 Å². The number of ether oxygens (including phenoxy) is 2. The molecule has 172 valence electrons. The molecule has 32 heavy (non-hydrogen) atoms. The van der Waals surface area contributed by atoms with Gasteiger partial charge in [-0.25, -0.2) is 0 Å². The molecule has 1 unspecified atom stereocenters. The second-order valence-corrected chi connectivity index (χ2v) is 7.84. The molecule has 1 aliphatic heterocycles. The van der Waals surface area contributed by atoms with Crippen molar-refractivity contribution in [2.45, 2.75) is 25.1 Å². The largest absolute Gasteiger partial charge is 0.489 e. The highest BCUT2D eigenvalue weighted by Crippen LogP contribution is 2.31. The van der Waals surface area contributed by atoms with Crippen molar-refractivity contribution in [3.8, 4) is 11.5 Å². The fourth-order valence-corrected chi connectivity index (χ4v) is 3.39. The highest BCUT2D eigenvalue weighted by atomic mass is 35.5. The molecule has 1 N–H and O–H groups in total. The maximum absolute atomic E-state index is 12.7. The van der Waals surface area contributed by atoms with Gasteiger partial charge in [0.05, 0.1) is 12.1 Å². The van der Waals surface area contributed by atoms with E-state index in [2.05, 4.69) is 16.8 Å². The Morgan fingerprint density at radius 1 is 1.12 bits per heavy atom. The number of amides is 1. The molecule has 0 saturated carbocycles. The molecule has 3 rings (SSSR count). The van der Waals surface area contributed by atoms with E-state index < -0.39 is 11.7 Å². The minimum Gasteiger partial charge on any atom is -0.489 e. The van der Waals surface area contributed by atoms with Crippen LogP contribution in [0.2, 0.25) is 5.02 Å². The number of hydrogen-bond acceptors (Lipinski definition) is 4. The van der Waals surface area contributed by atoms with Crippen molar-refractivity contribution in [2.24, 2.45) is 0 Å². The molecule has 1 amide bonds. The summed E-state index contributed by atoms with van der Waals surface area (Å²) in [7, 11) is 0. The fourth-order valence-electron chi connectivity index (χ4n) is 3.26. The number of nitrogens with zero attached hydrogens (tertiary/aromatic N) is 1. The molecular formula is C23H24ClF3N2O3. The van der Waals surface area contributed by atoms with Gasteiger partial charge in [-0.05, 0) is 48.5 Å². The van der Waals surface area contributed by atoms with Gasteiger partial charge in [0, 0.05) is 36.7 Å². The quantitative estimate of drug-likeness (QED) is 0.568. The molecule has 2 aromatic rings. The van der Waals surface area contributed by atoms with Crippen LogP contribution in [0.25, 0.3) is 0 Å². The number of rotatable bonds is 9. The lowest BCUT2D eigenvalue weighted by molar-refractivity contribution is -0.137. The van der Waals surface area contributed by atoms with Crippen LogP contribution in [0, 0.1) is 0 Å². The molecule has 9 heteroatoms. The lowest BCUT2D eigenvalue weighted by Gasteiger charge is -2.21. The van der Waals surface area contributed by atoms with E-state index in [1.54, 1.807) is 24.3 Å². The van der Waals surface area contributed by atoms with Crippen LogP contribution in [-0.4, -0.2) is 43.2 Å². The summed E-state index contributed by atoms with van der Waals surface area (Å²) in [4.78, 5) is 14.0. The van der Waals surface area contributed by atoms with Gasteiger partial charge in [0.2, 0.25) is 0 Å². The monoisotopic (exact) mass is 468 g/mol. The van der Waals surface area contributed by atoms with E-state index in [1.807, 2.05) is 0 Å². The van der Waals surface area contributed by atoms with Crippen LogP contribution < -0.4 is 14.8 Å². The van der Waals surface area contributed by atoms with Crippen LogP contribution in [-0.2, 0) is 11.0 Å². The average molecular weight is 469 g/mol. The molecule has 1 fully saturated rings. The molecule has 0 spiro atoms. The van der Waals surface area contributed by atoms with Crippen molar-refractivity contribution in [3.05, 3.63) is 71.4 Å². The average Bonchev–Trinajstić information content (AvgIpc) is 3.21. The van der Waals surface area contributed by atoms with Crippen LogP contribution in [0.4, 0.5) is 13.2 Å². The predicted octanol–water partition coefficient (Wildman–Crippen LogP) is 4.91. The van der Waals surface area contributed by atoms with E-state index in [9.17, 15) is 18.0 Å². The van der Waals surface area contributed by atoms with Crippen LogP contribution in [0.15, 0.2) is 60.8 Å². The van der Waals surface area contributed by atoms with Crippen molar-refractivity contribution in [2.75, 3.05) is 26.2 Å². The number of carbonyl (C=O) groups is 1. The van der Waals surface area contributed by atoms with E-state index >= 15 is 0 Å². The van der Waals surface area contributed by atoms with E-state index in [-0.39, 0.29) is 18.6 Å². The zero-order valence-electron chi connectivity index (χ0n) is 17.3. The first kappa shape index (κ1) is 23.8. The molecule has 1 saturated heterocycles. The van der Waals surface area contributed by atoms with E-state index in [1.165, 1.54) is 12.1 Å². The molecule has 0 radical (unpaired) electrons. The second kappa shape index (κ2) is 10.6. The normalized spacial score (nSPS) is 16.0. The third-order valence-electron chi connectivity index (χ3n) is 5.00. The van der Waals surface area contributed by atoms with Gasteiger partial charge in [-0.3, -0.25) is 4.79 Å². The van der Waals surface area contributed by atoms with E-state index in [0.29, 0.717) is 36.0 Å². The predicted molar refractivity (Wildman–Crippen MR) is 116 cm³/mol. The molecule has 0 bridgehead atoms. The Kier molecular flexibility index (Phi) is 7.90. The van der Waals surface area contributed by atoms with E-state index in [0.717, 1.165) is 30.8 Å². The van der Waals surface area contributed by atoms with Gasteiger partial charge in [0.25, 0.3) is 5.91 Å². The Balaban J connectivity index is 1.34. The first-order valence-corrected chi connectivity index (χ1v) is 10.5. The molecule has 1 aliphatic rings. The number of hydrogen-bond donors (Lipinski definition) is 1. The smallest absolute Gasteiger partial charge is 0.416 e. The van der Waals surface area contributed by atoms with Crippen LogP contribution in [0.3, 0.4) is 0 Å². The molecular weight excluding hydrogens is 445 g/mol. The van der Waals surface area contributed by atoms with Crippen LogP contribution in [0.1, 0.15) is 18.4 Å². The van der Waals surface area contributed by atoms with Gasteiger partial charge < -0.3 is 19.7 Å². The molecule has 0 aromatic heterocycles. The molecule has 0 aliphatic carbocycles. The zero-order valence-corrected chi connectivity index (χ0v) is 18.1. The van der Waals surface area contributed by atoms with Gasteiger partial charge >= 0.3 is 6.18 Å². The SMILES string of the molecule is C=C(CCNC(=O)COc1ccc(Cl)cc1)N1CCC(Oc2ccc(C(F)(F)F)cc2)C1. The Hall–Kier alpha value is -2.87. The van der Waals surface area contributed by atoms with Crippen LogP contribution >= 0.6 is 11.6 Å². The summed E-state index contributed by atoms with van der Waals surface area (Å²) < 4.78 is 49.2. The molecule has 1 heterocycles. The number of alkyl halides is 3. The maximum atomic E-state index is 12.7. The summed E-state index contributed by atoms with van der Waals surface area (Å²) in [5, 5.41) is 3.38. The summed E-state index contributed by atoms with van der Waals surface area (Å²) in [5.74, 6) is 0.728.